The first-order valence-electron chi connectivity index (χ1n) is 2.56. The lowest BCUT2D eigenvalue weighted by atomic mass is 10.4. The standard InChI is InChI=1S/C5H6N2O2S/c1-10-4-2-3(5(8)9)6-7-4/h2H,1H3,(H,6,7)(H,8,9). The normalized spacial score (nSPS) is 9.70. The van der Waals surface area contributed by atoms with E-state index in [-0.39, 0.29) is 5.69 Å². The first kappa shape index (κ1) is 7.14. The quantitative estimate of drug-likeness (QED) is 0.625. The van der Waals surface area contributed by atoms with Crippen LogP contribution in [-0.4, -0.2) is 27.5 Å². The molecule has 0 spiro atoms. The molecule has 4 nitrogen and oxygen atoms in total. The van der Waals surface area contributed by atoms with Crippen LogP contribution in [0.5, 0.6) is 0 Å². The van der Waals surface area contributed by atoms with Gasteiger partial charge < -0.3 is 5.11 Å². The van der Waals surface area contributed by atoms with E-state index < -0.39 is 5.97 Å². The van der Waals surface area contributed by atoms with Gasteiger partial charge in [0.25, 0.3) is 0 Å². The molecule has 0 aliphatic heterocycles. The maximum absolute atomic E-state index is 10.2. The molecule has 1 rings (SSSR count). The Morgan fingerprint density at radius 3 is 2.90 bits per heavy atom. The maximum Gasteiger partial charge on any atom is 0.353 e. The minimum atomic E-state index is -0.979. The number of carbonyl (C=O) groups is 1. The second-order valence-electron chi connectivity index (χ2n) is 1.63. The summed E-state index contributed by atoms with van der Waals surface area (Å²) in [4.78, 5) is 10.2. The van der Waals surface area contributed by atoms with Crippen molar-refractivity contribution in [1.29, 1.82) is 0 Å². The van der Waals surface area contributed by atoms with Gasteiger partial charge in [-0.1, -0.05) is 0 Å². The minimum absolute atomic E-state index is 0.129. The van der Waals surface area contributed by atoms with Crippen LogP contribution in [0.3, 0.4) is 0 Å². The highest BCUT2D eigenvalue weighted by Gasteiger charge is 2.05. The molecule has 0 amide bonds. The number of carboxylic acids is 1. The van der Waals surface area contributed by atoms with E-state index in [4.69, 9.17) is 5.11 Å². The third kappa shape index (κ3) is 1.30. The zero-order valence-electron chi connectivity index (χ0n) is 5.29. The maximum atomic E-state index is 10.2. The highest BCUT2D eigenvalue weighted by atomic mass is 32.2. The lowest BCUT2D eigenvalue weighted by Crippen LogP contribution is -1.95. The Balaban J connectivity index is 2.88. The summed E-state index contributed by atoms with van der Waals surface area (Å²) in [7, 11) is 0. The molecule has 10 heavy (non-hydrogen) atoms. The van der Waals surface area contributed by atoms with Crippen molar-refractivity contribution in [2.24, 2.45) is 0 Å². The number of nitrogens with zero attached hydrogens (tertiary/aromatic N) is 1. The number of thioether (sulfide) groups is 1. The number of hydrogen-bond acceptors (Lipinski definition) is 3. The number of aromatic nitrogens is 2. The SMILES string of the molecule is CSc1cc(C(=O)O)[nH]n1. The Bertz CT molecular complexity index is 246. The largest absolute Gasteiger partial charge is 0.477 e. The van der Waals surface area contributed by atoms with E-state index in [9.17, 15) is 4.79 Å². The van der Waals surface area contributed by atoms with Gasteiger partial charge in [-0.25, -0.2) is 4.79 Å². The van der Waals surface area contributed by atoms with Gasteiger partial charge in [0.2, 0.25) is 0 Å². The van der Waals surface area contributed by atoms with E-state index in [1.807, 2.05) is 6.26 Å². The summed E-state index contributed by atoms with van der Waals surface area (Å²) in [5.74, 6) is -0.979. The van der Waals surface area contributed by atoms with E-state index in [2.05, 4.69) is 10.2 Å². The van der Waals surface area contributed by atoms with E-state index >= 15 is 0 Å². The Morgan fingerprint density at radius 1 is 1.90 bits per heavy atom. The summed E-state index contributed by atoms with van der Waals surface area (Å²) < 4.78 is 0. The first-order valence-corrected chi connectivity index (χ1v) is 3.79. The predicted molar refractivity (Wildman–Crippen MR) is 37.3 cm³/mol. The van der Waals surface area contributed by atoms with Crippen LogP contribution in [0.2, 0.25) is 0 Å². The molecule has 1 heterocycles. The zero-order chi connectivity index (χ0) is 7.56. The molecule has 1 aromatic rings. The Morgan fingerprint density at radius 2 is 2.60 bits per heavy atom. The summed E-state index contributed by atoms with van der Waals surface area (Å²) in [6.07, 6.45) is 1.84. The molecule has 0 aliphatic carbocycles. The number of carboxylic acid groups (broad SMARTS) is 1. The highest BCUT2D eigenvalue weighted by Crippen LogP contribution is 2.11. The van der Waals surface area contributed by atoms with Gasteiger partial charge in [-0.15, -0.1) is 11.8 Å². The fourth-order valence-electron chi connectivity index (χ4n) is 0.517. The number of rotatable bonds is 2. The van der Waals surface area contributed by atoms with Crippen LogP contribution < -0.4 is 0 Å². The van der Waals surface area contributed by atoms with Crippen LogP contribution in [0.25, 0.3) is 0 Å². The molecule has 0 unspecified atom stereocenters. The summed E-state index contributed by atoms with van der Waals surface area (Å²) in [6.45, 7) is 0. The molecular formula is C5H6N2O2S. The molecular weight excluding hydrogens is 152 g/mol. The van der Waals surface area contributed by atoms with E-state index in [1.54, 1.807) is 0 Å². The van der Waals surface area contributed by atoms with Gasteiger partial charge in [0.1, 0.15) is 10.7 Å². The van der Waals surface area contributed by atoms with Crippen LogP contribution in [0, 0.1) is 0 Å². The van der Waals surface area contributed by atoms with E-state index in [1.165, 1.54) is 17.8 Å². The molecule has 0 atom stereocenters. The predicted octanol–water partition coefficient (Wildman–Crippen LogP) is 0.830. The van der Waals surface area contributed by atoms with Gasteiger partial charge in [0.15, 0.2) is 0 Å². The van der Waals surface area contributed by atoms with Crippen LogP contribution in [0.4, 0.5) is 0 Å². The van der Waals surface area contributed by atoms with Crippen molar-refractivity contribution >= 4 is 17.7 Å². The van der Waals surface area contributed by atoms with Crippen LogP contribution >= 0.6 is 11.8 Å². The fraction of sp³-hybridized carbons (Fsp3) is 0.200. The number of aromatic carboxylic acids is 1. The molecule has 0 radical (unpaired) electrons. The second kappa shape index (κ2) is 2.74. The molecule has 0 saturated heterocycles. The number of H-pyrrole nitrogens is 1. The third-order valence-corrected chi connectivity index (χ3v) is 1.62. The van der Waals surface area contributed by atoms with Gasteiger partial charge >= 0.3 is 5.97 Å². The molecule has 5 heteroatoms. The van der Waals surface area contributed by atoms with Crippen molar-refractivity contribution in [3.05, 3.63) is 11.8 Å². The average Bonchev–Trinajstić information content (AvgIpc) is 2.34. The summed E-state index contributed by atoms with van der Waals surface area (Å²) in [6, 6.07) is 1.49. The molecule has 1 aromatic heterocycles. The van der Waals surface area contributed by atoms with Crippen molar-refractivity contribution in [3.8, 4) is 0 Å². The Kier molecular flexibility index (Phi) is 1.96. The van der Waals surface area contributed by atoms with Crippen LogP contribution in [0.15, 0.2) is 11.1 Å². The molecule has 2 N–H and O–H groups in total. The summed E-state index contributed by atoms with van der Waals surface area (Å²) in [5, 5.41) is 15.2. The summed E-state index contributed by atoms with van der Waals surface area (Å²) in [5.41, 5.74) is 0.129. The molecule has 0 aromatic carbocycles. The molecule has 0 bridgehead atoms. The number of hydrogen-bond donors (Lipinski definition) is 2. The van der Waals surface area contributed by atoms with E-state index in [0.717, 1.165) is 0 Å². The first-order chi connectivity index (χ1) is 4.74. The Labute approximate surface area is 61.6 Å². The van der Waals surface area contributed by atoms with Crippen LogP contribution in [-0.2, 0) is 0 Å². The van der Waals surface area contributed by atoms with Crippen molar-refractivity contribution < 1.29 is 9.90 Å². The highest BCUT2D eigenvalue weighted by molar-refractivity contribution is 7.98. The third-order valence-electron chi connectivity index (χ3n) is 0.994. The molecule has 0 aliphatic rings. The Hall–Kier alpha value is -0.970. The van der Waals surface area contributed by atoms with Gasteiger partial charge in [0.05, 0.1) is 0 Å². The molecule has 0 fully saturated rings. The van der Waals surface area contributed by atoms with Gasteiger partial charge in [-0.2, -0.15) is 5.10 Å². The second-order valence-corrected chi connectivity index (χ2v) is 2.46. The summed E-state index contributed by atoms with van der Waals surface area (Å²) >= 11 is 1.40. The van der Waals surface area contributed by atoms with E-state index in [0.29, 0.717) is 5.03 Å². The van der Waals surface area contributed by atoms with Gasteiger partial charge in [-0.3, -0.25) is 5.10 Å². The van der Waals surface area contributed by atoms with Crippen molar-refractivity contribution in [3.63, 3.8) is 0 Å². The minimum Gasteiger partial charge on any atom is -0.477 e. The number of nitrogens with one attached hydrogen (secondary N) is 1. The monoisotopic (exact) mass is 158 g/mol. The topological polar surface area (TPSA) is 66.0 Å². The smallest absolute Gasteiger partial charge is 0.353 e. The van der Waals surface area contributed by atoms with Crippen molar-refractivity contribution in [1.82, 2.24) is 10.2 Å². The van der Waals surface area contributed by atoms with Crippen LogP contribution in [0.1, 0.15) is 10.5 Å². The average molecular weight is 158 g/mol. The lowest BCUT2D eigenvalue weighted by molar-refractivity contribution is 0.0690. The van der Waals surface area contributed by atoms with Crippen molar-refractivity contribution in [2.75, 3.05) is 6.26 Å². The van der Waals surface area contributed by atoms with Crippen molar-refractivity contribution in [2.45, 2.75) is 5.03 Å². The van der Waals surface area contributed by atoms with Gasteiger partial charge in [-0.05, 0) is 6.26 Å². The van der Waals surface area contributed by atoms with Gasteiger partial charge in [0, 0.05) is 6.07 Å². The fourth-order valence-corrected chi connectivity index (χ4v) is 0.890. The lowest BCUT2D eigenvalue weighted by Gasteiger charge is -1.80. The molecule has 54 valence electrons. The zero-order valence-corrected chi connectivity index (χ0v) is 6.10. The number of aromatic amines is 1. The molecule has 0 saturated carbocycles.